The van der Waals surface area contributed by atoms with Crippen LogP contribution in [-0.2, 0) is 6.54 Å². The van der Waals surface area contributed by atoms with Crippen molar-refractivity contribution < 1.29 is 0 Å². The Morgan fingerprint density at radius 3 is 2.76 bits per heavy atom. The minimum Gasteiger partial charge on any atom is -0.330 e. The molecule has 3 rings (SSSR count). The van der Waals surface area contributed by atoms with Gasteiger partial charge in [-0.2, -0.15) is 0 Å². The van der Waals surface area contributed by atoms with Gasteiger partial charge in [-0.15, -0.1) is 23.7 Å². The molecule has 5 heteroatoms. The van der Waals surface area contributed by atoms with Crippen LogP contribution in [0.5, 0.6) is 0 Å². The monoisotopic (exact) mass is 323 g/mol. The Balaban J connectivity index is 0.00000161. The van der Waals surface area contributed by atoms with E-state index >= 15 is 0 Å². The Morgan fingerprint density at radius 1 is 1.33 bits per heavy atom. The van der Waals surface area contributed by atoms with E-state index in [0.29, 0.717) is 12.0 Å². The predicted molar refractivity (Wildman–Crippen MR) is 91.8 cm³/mol. The lowest BCUT2D eigenvalue weighted by Gasteiger charge is -2.19. The summed E-state index contributed by atoms with van der Waals surface area (Å²) in [6.45, 7) is 5.14. The number of halogens is 1. The van der Waals surface area contributed by atoms with Gasteiger partial charge < -0.3 is 5.73 Å². The molecule has 1 fully saturated rings. The van der Waals surface area contributed by atoms with Crippen molar-refractivity contribution in [2.24, 2.45) is 11.7 Å². The molecule has 1 aliphatic rings. The van der Waals surface area contributed by atoms with Crippen molar-refractivity contribution in [2.75, 3.05) is 13.1 Å². The van der Waals surface area contributed by atoms with E-state index < -0.39 is 0 Å². The molecule has 0 saturated carbocycles. The van der Waals surface area contributed by atoms with Crippen LogP contribution in [0.25, 0.3) is 10.6 Å². The van der Waals surface area contributed by atoms with E-state index in [-0.39, 0.29) is 12.4 Å². The lowest BCUT2D eigenvalue weighted by Crippen LogP contribution is -2.27. The van der Waals surface area contributed by atoms with Crippen molar-refractivity contribution in [3.8, 4) is 10.6 Å². The summed E-state index contributed by atoms with van der Waals surface area (Å²) < 4.78 is 0. The molecule has 2 atom stereocenters. The fourth-order valence-corrected chi connectivity index (χ4v) is 3.73. The molecule has 1 aromatic heterocycles. The molecule has 2 heterocycles. The second-order valence-electron chi connectivity index (χ2n) is 5.63. The van der Waals surface area contributed by atoms with Crippen molar-refractivity contribution in [1.82, 2.24) is 9.88 Å². The quantitative estimate of drug-likeness (QED) is 0.937. The van der Waals surface area contributed by atoms with E-state index in [4.69, 9.17) is 10.7 Å². The zero-order valence-electron chi connectivity index (χ0n) is 12.2. The first-order valence-electron chi connectivity index (χ1n) is 7.20. The molecule has 0 aliphatic carbocycles. The molecular formula is C16H22ClN3S. The van der Waals surface area contributed by atoms with Crippen molar-refractivity contribution in [3.63, 3.8) is 0 Å². The Bertz CT molecular complexity index is 558. The van der Waals surface area contributed by atoms with E-state index in [1.54, 1.807) is 11.3 Å². The molecule has 0 radical (unpaired) electrons. The van der Waals surface area contributed by atoms with Crippen LogP contribution in [0.4, 0.5) is 0 Å². The second kappa shape index (κ2) is 7.36. The number of aromatic nitrogens is 1. The first kappa shape index (κ1) is 16.4. The molecule has 21 heavy (non-hydrogen) atoms. The normalized spacial score (nSPS) is 22.2. The van der Waals surface area contributed by atoms with Crippen LogP contribution < -0.4 is 5.73 Å². The van der Waals surface area contributed by atoms with Crippen molar-refractivity contribution in [2.45, 2.75) is 25.9 Å². The maximum Gasteiger partial charge on any atom is 0.123 e. The number of hydrogen-bond donors (Lipinski definition) is 1. The van der Waals surface area contributed by atoms with Gasteiger partial charge in [0.2, 0.25) is 0 Å². The first-order chi connectivity index (χ1) is 9.76. The summed E-state index contributed by atoms with van der Waals surface area (Å²) in [5, 5.41) is 3.30. The van der Waals surface area contributed by atoms with E-state index in [2.05, 4.69) is 41.5 Å². The number of rotatable bonds is 4. The first-order valence-corrected chi connectivity index (χ1v) is 8.08. The molecule has 1 saturated heterocycles. The fraction of sp³-hybridized carbons (Fsp3) is 0.438. The van der Waals surface area contributed by atoms with Crippen molar-refractivity contribution >= 4 is 23.7 Å². The average molecular weight is 324 g/mol. The highest BCUT2D eigenvalue weighted by atomic mass is 35.5. The lowest BCUT2D eigenvalue weighted by molar-refractivity contribution is 0.253. The minimum absolute atomic E-state index is 0. The topological polar surface area (TPSA) is 42.1 Å². The van der Waals surface area contributed by atoms with Crippen molar-refractivity contribution in [1.29, 1.82) is 0 Å². The molecule has 1 aromatic carbocycles. The largest absolute Gasteiger partial charge is 0.330 e. The molecule has 2 unspecified atom stereocenters. The van der Waals surface area contributed by atoms with Gasteiger partial charge in [0, 0.05) is 30.1 Å². The van der Waals surface area contributed by atoms with Gasteiger partial charge in [-0.05, 0) is 25.8 Å². The third-order valence-electron chi connectivity index (χ3n) is 4.06. The zero-order chi connectivity index (χ0) is 13.9. The summed E-state index contributed by atoms with van der Waals surface area (Å²) in [6.07, 6.45) is 1.21. The Morgan fingerprint density at radius 2 is 2.10 bits per heavy atom. The summed E-state index contributed by atoms with van der Waals surface area (Å²) in [7, 11) is 0. The van der Waals surface area contributed by atoms with Gasteiger partial charge in [-0.1, -0.05) is 30.3 Å². The Labute approximate surface area is 136 Å². The van der Waals surface area contributed by atoms with Gasteiger partial charge in [0.15, 0.2) is 0 Å². The smallest absolute Gasteiger partial charge is 0.123 e. The summed E-state index contributed by atoms with van der Waals surface area (Å²) >= 11 is 1.73. The summed E-state index contributed by atoms with van der Waals surface area (Å²) in [4.78, 5) is 7.28. The van der Waals surface area contributed by atoms with Gasteiger partial charge in [-0.25, -0.2) is 4.98 Å². The second-order valence-corrected chi connectivity index (χ2v) is 6.48. The SMILES string of the molecule is CC1CC(CN)CN1Cc1csc(-c2ccccc2)n1.Cl. The van der Waals surface area contributed by atoms with E-state index in [1.165, 1.54) is 17.7 Å². The third kappa shape index (κ3) is 3.83. The maximum atomic E-state index is 5.79. The van der Waals surface area contributed by atoms with E-state index in [1.807, 2.05) is 6.07 Å². The van der Waals surface area contributed by atoms with E-state index in [0.717, 1.165) is 24.6 Å². The summed E-state index contributed by atoms with van der Waals surface area (Å²) in [6, 6.07) is 11.0. The number of likely N-dealkylation sites (tertiary alicyclic amines) is 1. The molecule has 0 spiro atoms. The summed E-state index contributed by atoms with van der Waals surface area (Å²) in [5.74, 6) is 0.650. The molecule has 0 bridgehead atoms. The number of nitrogens with two attached hydrogens (primary N) is 1. The Hall–Kier alpha value is -0.940. The van der Waals surface area contributed by atoms with Crippen LogP contribution in [0.2, 0.25) is 0 Å². The highest BCUT2D eigenvalue weighted by Gasteiger charge is 2.28. The van der Waals surface area contributed by atoms with Gasteiger partial charge in [0.1, 0.15) is 5.01 Å². The number of thiazole rings is 1. The standard InChI is InChI=1S/C16H21N3S.ClH/c1-12-7-13(8-17)9-19(12)10-15-11-20-16(18-15)14-5-3-2-4-6-14;/h2-6,11-13H,7-10,17H2,1H3;1H. The molecule has 1 aliphatic heterocycles. The molecule has 2 N–H and O–H groups in total. The van der Waals surface area contributed by atoms with Crippen molar-refractivity contribution in [3.05, 3.63) is 41.4 Å². The molecular weight excluding hydrogens is 302 g/mol. The average Bonchev–Trinajstić information content (AvgIpc) is 3.08. The Kier molecular flexibility index (Phi) is 5.76. The highest BCUT2D eigenvalue weighted by Crippen LogP contribution is 2.27. The van der Waals surface area contributed by atoms with E-state index in [9.17, 15) is 0 Å². The fourth-order valence-electron chi connectivity index (χ4n) is 2.91. The van der Waals surface area contributed by atoms with Crippen LogP contribution in [0, 0.1) is 5.92 Å². The molecule has 0 amide bonds. The van der Waals surface area contributed by atoms with Crippen LogP contribution in [-0.4, -0.2) is 29.0 Å². The molecule has 3 nitrogen and oxygen atoms in total. The van der Waals surface area contributed by atoms with Gasteiger partial charge >= 0.3 is 0 Å². The number of benzene rings is 1. The minimum atomic E-state index is 0. The van der Waals surface area contributed by atoms with Crippen LogP contribution >= 0.6 is 23.7 Å². The van der Waals surface area contributed by atoms with Gasteiger partial charge in [0.05, 0.1) is 5.69 Å². The van der Waals surface area contributed by atoms with Gasteiger partial charge in [-0.3, -0.25) is 4.90 Å². The number of hydrogen-bond acceptors (Lipinski definition) is 4. The highest BCUT2D eigenvalue weighted by molar-refractivity contribution is 7.13. The summed E-state index contributed by atoms with van der Waals surface area (Å²) in [5.41, 5.74) is 8.18. The van der Waals surface area contributed by atoms with Crippen LogP contribution in [0.3, 0.4) is 0 Å². The van der Waals surface area contributed by atoms with Gasteiger partial charge in [0.25, 0.3) is 0 Å². The lowest BCUT2D eigenvalue weighted by atomic mass is 10.1. The van der Waals surface area contributed by atoms with Crippen LogP contribution in [0.1, 0.15) is 19.0 Å². The molecule has 2 aromatic rings. The predicted octanol–water partition coefficient (Wildman–Crippen LogP) is 3.40. The molecule has 114 valence electrons. The third-order valence-corrected chi connectivity index (χ3v) is 5.00. The maximum absolute atomic E-state index is 5.79. The van der Waals surface area contributed by atoms with Crippen LogP contribution in [0.15, 0.2) is 35.7 Å². The number of nitrogens with zero attached hydrogens (tertiary/aromatic N) is 2. The zero-order valence-corrected chi connectivity index (χ0v) is 13.9.